The number of nitrogens with zero attached hydrogens (tertiary/aromatic N) is 2. The average molecular weight is 792 g/mol. The van der Waals surface area contributed by atoms with Gasteiger partial charge in [-0.05, 0) is 26.3 Å². The summed E-state index contributed by atoms with van der Waals surface area (Å²) < 4.78 is 0. The minimum Gasteiger partial charge on any atom is -0.356 e. The summed E-state index contributed by atoms with van der Waals surface area (Å²) in [6.45, 7) is 12.6. The Bertz CT molecular complexity index is 815. The van der Waals surface area contributed by atoms with E-state index in [9.17, 15) is 14.4 Å². The molecule has 0 unspecified atom stereocenters. The van der Waals surface area contributed by atoms with Crippen LogP contribution in [0.25, 0.3) is 0 Å². The number of rotatable bonds is 45. The van der Waals surface area contributed by atoms with E-state index in [2.05, 4.69) is 53.6 Å². The van der Waals surface area contributed by atoms with Crippen molar-refractivity contribution in [2.24, 2.45) is 0 Å². The van der Waals surface area contributed by atoms with Crippen LogP contribution < -0.4 is 16.0 Å². The lowest BCUT2D eigenvalue weighted by Gasteiger charge is -2.25. The standard InChI is InChI=1S/C48H97N5O3/c1-5-8-11-14-17-20-23-26-29-32-38-49-46(54)35-41-52(4)44-45-53(42-36-47(55)50-39-33-30-27-24-21-18-15-12-9-6-2)43-37-48(56)51-40-34-31-28-25-22-19-16-13-10-7-3/h5-45H2,1-4H3,(H,49,54)(H,50,55)(H,51,56). The maximum absolute atomic E-state index is 12.7. The molecule has 0 radical (unpaired) electrons. The Morgan fingerprint density at radius 3 is 0.857 bits per heavy atom. The summed E-state index contributed by atoms with van der Waals surface area (Å²) in [5.41, 5.74) is 0. The first-order valence-corrected chi connectivity index (χ1v) is 24.6. The van der Waals surface area contributed by atoms with Gasteiger partial charge in [0.1, 0.15) is 0 Å². The Morgan fingerprint density at radius 1 is 0.321 bits per heavy atom. The van der Waals surface area contributed by atoms with Crippen molar-refractivity contribution in [3.63, 3.8) is 0 Å². The van der Waals surface area contributed by atoms with Crippen molar-refractivity contribution < 1.29 is 14.4 Å². The fourth-order valence-electron chi connectivity index (χ4n) is 7.36. The van der Waals surface area contributed by atoms with Crippen molar-refractivity contribution in [1.82, 2.24) is 25.8 Å². The molecular weight excluding hydrogens is 695 g/mol. The number of likely N-dealkylation sites (N-methyl/N-ethyl adjacent to an activating group) is 1. The minimum atomic E-state index is 0.101. The van der Waals surface area contributed by atoms with E-state index < -0.39 is 0 Å². The van der Waals surface area contributed by atoms with E-state index in [0.29, 0.717) is 38.9 Å². The Labute approximate surface area is 349 Å². The normalized spacial score (nSPS) is 11.5. The van der Waals surface area contributed by atoms with Gasteiger partial charge in [-0.15, -0.1) is 0 Å². The molecule has 332 valence electrons. The molecule has 0 atom stereocenters. The van der Waals surface area contributed by atoms with Crippen molar-refractivity contribution in [3.8, 4) is 0 Å². The third kappa shape index (κ3) is 41.9. The largest absolute Gasteiger partial charge is 0.356 e. The monoisotopic (exact) mass is 792 g/mol. The predicted octanol–water partition coefficient (Wildman–Crippen LogP) is 11.5. The summed E-state index contributed by atoms with van der Waals surface area (Å²) in [5.74, 6) is 0.329. The zero-order valence-corrected chi connectivity index (χ0v) is 38.1. The highest BCUT2D eigenvalue weighted by Gasteiger charge is 2.13. The summed E-state index contributed by atoms with van der Waals surface area (Å²) in [4.78, 5) is 42.4. The summed E-state index contributed by atoms with van der Waals surface area (Å²) in [5, 5.41) is 9.38. The van der Waals surface area contributed by atoms with E-state index in [1.54, 1.807) is 0 Å². The third-order valence-electron chi connectivity index (χ3n) is 11.4. The summed E-state index contributed by atoms with van der Waals surface area (Å²) in [6.07, 6.45) is 40.2. The fourth-order valence-corrected chi connectivity index (χ4v) is 7.36. The van der Waals surface area contributed by atoms with Gasteiger partial charge in [-0.3, -0.25) is 14.4 Å². The van der Waals surface area contributed by atoms with E-state index in [1.807, 2.05) is 0 Å². The number of carbonyl (C=O) groups excluding carboxylic acids is 3. The van der Waals surface area contributed by atoms with Crippen molar-refractivity contribution in [2.45, 2.75) is 233 Å². The molecule has 8 heteroatoms. The van der Waals surface area contributed by atoms with Gasteiger partial charge in [0.15, 0.2) is 0 Å². The van der Waals surface area contributed by atoms with E-state index in [0.717, 1.165) is 52.0 Å². The molecule has 0 bridgehead atoms. The van der Waals surface area contributed by atoms with E-state index in [-0.39, 0.29) is 17.7 Å². The maximum atomic E-state index is 12.7. The quantitative estimate of drug-likeness (QED) is 0.0534. The van der Waals surface area contributed by atoms with Gasteiger partial charge in [0.05, 0.1) is 0 Å². The summed E-state index contributed by atoms with van der Waals surface area (Å²) >= 11 is 0. The van der Waals surface area contributed by atoms with Crippen LogP contribution in [0.15, 0.2) is 0 Å². The van der Waals surface area contributed by atoms with Crippen LogP contribution in [0.5, 0.6) is 0 Å². The molecule has 0 aromatic heterocycles. The second-order valence-corrected chi connectivity index (χ2v) is 17.0. The second kappa shape index (κ2) is 44.4. The average Bonchev–Trinajstić information content (AvgIpc) is 3.19. The van der Waals surface area contributed by atoms with Gasteiger partial charge in [0, 0.05) is 71.6 Å². The van der Waals surface area contributed by atoms with Gasteiger partial charge in [-0.25, -0.2) is 0 Å². The number of carbonyl (C=O) groups is 3. The lowest BCUT2D eigenvalue weighted by Crippen LogP contribution is -2.39. The molecule has 0 aliphatic heterocycles. The highest BCUT2D eigenvalue weighted by atomic mass is 16.2. The maximum Gasteiger partial charge on any atom is 0.221 e. The number of unbranched alkanes of at least 4 members (excludes halogenated alkanes) is 27. The highest BCUT2D eigenvalue weighted by Crippen LogP contribution is 2.12. The number of amides is 3. The molecule has 0 aliphatic carbocycles. The first-order valence-electron chi connectivity index (χ1n) is 24.6. The molecule has 3 N–H and O–H groups in total. The molecule has 0 aromatic carbocycles. The Kier molecular flexibility index (Phi) is 43.1. The van der Waals surface area contributed by atoms with Crippen molar-refractivity contribution in [1.29, 1.82) is 0 Å². The Morgan fingerprint density at radius 2 is 0.571 bits per heavy atom. The highest BCUT2D eigenvalue weighted by molar-refractivity contribution is 5.77. The molecule has 0 fully saturated rings. The molecule has 0 aromatic rings. The van der Waals surface area contributed by atoms with Gasteiger partial charge < -0.3 is 25.8 Å². The third-order valence-corrected chi connectivity index (χ3v) is 11.4. The fraction of sp³-hybridized carbons (Fsp3) is 0.938. The molecule has 0 rings (SSSR count). The Balaban J connectivity index is 4.39. The Hall–Kier alpha value is -1.67. The van der Waals surface area contributed by atoms with Gasteiger partial charge in [0.2, 0.25) is 17.7 Å². The van der Waals surface area contributed by atoms with Crippen LogP contribution in [0.3, 0.4) is 0 Å². The molecule has 0 saturated carbocycles. The van der Waals surface area contributed by atoms with Crippen LogP contribution in [-0.4, -0.2) is 86.9 Å². The van der Waals surface area contributed by atoms with Gasteiger partial charge in [-0.2, -0.15) is 0 Å². The first kappa shape index (κ1) is 54.3. The minimum absolute atomic E-state index is 0.101. The van der Waals surface area contributed by atoms with Crippen molar-refractivity contribution >= 4 is 17.7 Å². The van der Waals surface area contributed by atoms with Crippen LogP contribution in [0.1, 0.15) is 233 Å². The first-order chi connectivity index (χ1) is 27.4. The van der Waals surface area contributed by atoms with Gasteiger partial charge in [-0.1, -0.05) is 194 Å². The summed E-state index contributed by atoms with van der Waals surface area (Å²) in [6, 6.07) is 0. The molecule has 0 heterocycles. The lowest BCUT2D eigenvalue weighted by molar-refractivity contribution is -0.122. The zero-order valence-electron chi connectivity index (χ0n) is 38.1. The van der Waals surface area contributed by atoms with Crippen LogP contribution in [-0.2, 0) is 14.4 Å². The van der Waals surface area contributed by atoms with Gasteiger partial charge in [0.25, 0.3) is 0 Å². The smallest absolute Gasteiger partial charge is 0.221 e. The molecule has 56 heavy (non-hydrogen) atoms. The predicted molar refractivity (Wildman–Crippen MR) is 242 cm³/mol. The molecular formula is C48H97N5O3. The summed E-state index contributed by atoms with van der Waals surface area (Å²) in [7, 11) is 2.06. The van der Waals surface area contributed by atoms with Crippen molar-refractivity contribution in [3.05, 3.63) is 0 Å². The SMILES string of the molecule is CCCCCCCCCCCCNC(=O)CCN(C)CCN(CCC(=O)NCCCCCCCCCCCC)CCC(=O)NCCCCCCCCCCCC. The lowest BCUT2D eigenvalue weighted by atomic mass is 10.1. The van der Waals surface area contributed by atoms with Crippen LogP contribution in [0, 0.1) is 0 Å². The number of hydrogen-bond acceptors (Lipinski definition) is 5. The topological polar surface area (TPSA) is 93.8 Å². The van der Waals surface area contributed by atoms with E-state index >= 15 is 0 Å². The molecule has 0 spiro atoms. The van der Waals surface area contributed by atoms with Gasteiger partial charge >= 0.3 is 0 Å². The van der Waals surface area contributed by atoms with Crippen LogP contribution >= 0.6 is 0 Å². The zero-order chi connectivity index (χ0) is 41.0. The number of nitrogens with one attached hydrogen (secondary N) is 3. The molecule has 8 nitrogen and oxygen atoms in total. The molecule has 0 aliphatic rings. The number of hydrogen-bond donors (Lipinski definition) is 3. The van der Waals surface area contributed by atoms with Crippen LogP contribution in [0.4, 0.5) is 0 Å². The van der Waals surface area contributed by atoms with E-state index in [4.69, 9.17) is 0 Å². The van der Waals surface area contributed by atoms with E-state index in [1.165, 1.54) is 173 Å². The van der Waals surface area contributed by atoms with Crippen LogP contribution in [0.2, 0.25) is 0 Å². The van der Waals surface area contributed by atoms with Crippen molar-refractivity contribution in [2.75, 3.05) is 59.4 Å². The molecule has 0 saturated heterocycles. The second-order valence-electron chi connectivity index (χ2n) is 17.0. The molecule has 3 amide bonds.